The van der Waals surface area contributed by atoms with Gasteiger partial charge in [0.15, 0.2) is 0 Å². The molecule has 0 aliphatic carbocycles. The summed E-state index contributed by atoms with van der Waals surface area (Å²) in [4.78, 5) is 7.94. The summed E-state index contributed by atoms with van der Waals surface area (Å²) in [5.41, 5.74) is 3.56. The summed E-state index contributed by atoms with van der Waals surface area (Å²) >= 11 is 0. The predicted molar refractivity (Wildman–Crippen MR) is 57.6 cm³/mol. The molecule has 0 bridgehead atoms. The van der Waals surface area contributed by atoms with Crippen LogP contribution in [0.25, 0.3) is 0 Å². The van der Waals surface area contributed by atoms with E-state index in [2.05, 4.69) is 15.4 Å². The SMILES string of the molecule is NNC(c1cccnc1)c1ncccc1F. The van der Waals surface area contributed by atoms with E-state index < -0.39 is 11.9 Å². The van der Waals surface area contributed by atoms with E-state index in [1.54, 1.807) is 18.5 Å². The highest BCUT2D eigenvalue weighted by Crippen LogP contribution is 2.20. The van der Waals surface area contributed by atoms with Gasteiger partial charge in [0.05, 0.1) is 11.7 Å². The zero-order valence-electron chi connectivity index (χ0n) is 8.47. The van der Waals surface area contributed by atoms with Gasteiger partial charge in [0.2, 0.25) is 0 Å². The Morgan fingerprint density at radius 2 is 2.06 bits per heavy atom. The monoisotopic (exact) mass is 218 g/mol. The van der Waals surface area contributed by atoms with Crippen molar-refractivity contribution in [3.63, 3.8) is 0 Å². The number of aromatic nitrogens is 2. The van der Waals surface area contributed by atoms with Gasteiger partial charge in [-0.1, -0.05) is 6.07 Å². The maximum Gasteiger partial charge on any atom is 0.146 e. The van der Waals surface area contributed by atoms with Crippen LogP contribution in [0.1, 0.15) is 17.3 Å². The van der Waals surface area contributed by atoms with Crippen LogP contribution in [0.15, 0.2) is 42.9 Å². The molecule has 0 radical (unpaired) electrons. The third-order valence-electron chi connectivity index (χ3n) is 2.24. The number of rotatable bonds is 3. The summed E-state index contributed by atoms with van der Waals surface area (Å²) in [5.74, 6) is 5.03. The Kier molecular flexibility index (Phi) is 3.19. The Morgan fingerprint density at radius 3 is 2.69 bits per heavy atom. The molecule has 3 N–H and O–H groups in total. The van der Waals surface area contributed by atoms with Crippen LogP contribution < -0.4 is 11.3 Å². The van der Waals surface area contributed by atoms with Crippen molar-refractivity contribution in [1.82, 2.24) is 15.4 Å². The standard InChI is InChI=1S/C11H11FN4/c12-9-4-2-6-15-11(9)10(16-13)8-3-1-5-14-7-8/h1-7,10,16H,13H2. The minimum Gasteiger partial charge on any atom is -0.271 e. The third-order valence-corrected chi connectivity index (χ3v) is 2.24. The van der Waals surface area contributed by atoms with Gasteiger partial charge >= 0.3 is 0 Å². The van der Waals surface area contributed by atoms with Crippen LogP contribution in [0.4, 0.5) is 4.39 Å². The lowest BCUT2D eigenvalue weighted by atomic mass is 10.1. The van der Waals surface area contributed by atoms with E-state index in [0.29, 0.717) is 0 Å². The van der Waals surface area contributed by atoms with Gasteiger partial charge in [0.25, 0.3) is 0 Å². The highest BCUT2D eigenvalue weighted by molar-refractivity contribution is 5.25. The first-order valence-corrected chi connectivity index (χ1v) is 4.79. The summed E-state index contributed by atoms with van der Waals surface area (Å²) in [6.07, 6.45) is 4.80. The van der Waals surface area contributed by atoms with Crippen LogP contribution in [0.5, 0.6) is 0 Å². The fourth-order valence-electron chi connectivity index (χ4n) is 1.49. The van der Waals surface area contributed by atoms with Crippen LogP contribution in [0, 0.1) is 5.82 Å². The molecule has 4 nitrogen and oxygen atoms in total. The van der Waals surface area contributed by atoms with E-state index in [4.69, 9.17) is 5.84 Å². The second kappa shape index (κ2) is 4.78. The van der Waals surface area contributed by atoms with Crippen molar-refractivity contribution in [2.24, 2.45) is 5.84 Å². The second-order valence-corrected chi connectivity index (χ2v) is 3.26. The first kappa shape index (κ1) is 10.7. The van der Waals surface area contributed by atoms with Gasteiger partial charge < -0.3 is 0 Å². The first-order valence-electron chi connectivity index (χ1n) is 4.79. The molecule has 0 aliphatic heterocycles. The van der Waals surface area contributed by atoms with Crippen molar-refractivity contribution in [2.75, 3.05) is 0 Å². The van der Waals surface area contributed by atoms with Gasteiger partial charge in [0.1, 0.15) is 5.82 Å². The number of pyridine rings is 2. The van der Waals surface area contributed by atoms with Crippen LogP contribution in [-0.2, 0) is 0 Å². The Balaban J connectivity index is 2.41. The van der Waals surface area contributed by atoms with Crippen LogP contribution in [0.2, 0.25) is 0 Å². The summed E-state index contributed by atoms with van der Waals surface area (Å²) in [6, 6.07) is 5.97. The highest BCUT2D eigenvalue weighted by atomic mass is 19.1. The molecular weight excluding hydrogens is 207 g/mol. The highest BCUT2D eigenvalue weighted by Gasteiger charge is 2.17. The first-order chi connectivity index (χ1) is 7.83. The van der Waals surface area contributed by atoms with Crippen molar-refractivity contribution in [2.45, 2.75) is 6.04 Å². The third kappa shape index (κ3) is 2.05. The fourth-order valence-corrected chi connectivity index (χ4v) is 1.49. The molecular formula is C11H11FN4. The molecule has 82 valence electrons. The molecule has 0 fully saturated rings. The van der Waals surface area contributed by atoms with Gasteiger partial charge in [-0.15, -0.1) is 0 Å². The number of nitrogens with two attached hydrogens (primary N) is 1. The Labute approximate surface area is 92.3 Å². The molecule has 1 unspecified atom stereocenters. The molecule has 0 spiro atoms. The average Bonchev–Trinajstić information content (AvgIpc) is 2.34. The molecule has 5 heteroatoms. The molecule has 2 heterocycles. The molecule has 0 saturated carbocycles. The molecule has 0 aromatic carbocycles. The van der Waals surface area contributed by atoms with Crippen LogP contribution in [-0.4, -0.2) is 9.97 Å². The van der Waals surface area contributed by atoms with E-state index in [1.807, 2.05) is 6.07 Å². The van der Waals surface area contributed by atoms with E-state index in [-0.39, 0.29) is 5.69 Å². The maximum absolute atomic E-state index is 13.5. The lowest BCUT2D eigenvalue weighted by Crippen LogP contribution is -2.30. The van der Waals surface area contributed by atoms with Crippen LogP contribution >= 0.6 is 0 Å². The van der Waals surface area contributed by atoms with Crippen molar-refractivity contribution in [3.05, 3.63) is 59.9 Å². The predicted octanol–water partition coefficient (Wildman–Crippen LogP) is 1.17. The Morgan fingerprint density at radius 1 is 1.25 bits per heavy atom. The van der Waals surface area contributed by atoms with Gasteiger partial charge in [-0.05, 0) is 23.8 Å². The molecule has 0 amide bonds. The van der Waals surface area contributed by atoms with E-state index in [0.717, 1.165) is 5.56 Å². The number of halogens is 1. The zero-order valence-corrected chi connectivity index (χ0v) is 8.47. The number of hydrogen-bond donors (Lipinski definition) is 2. The average molecular weight is 218 g/mol. The smallest absolute Gasteiger partial charge is 0.146 e. The lowest BCUT2D eigenvalue weighted by molar-refractivity contribution is 0.543. The largest absolute Gasteiger partial charge is 0.271 e. The van der Waals surface area contributed by atoms with Crippen molar-refractivity contribution in [1.29, 1.82) is 0 Å². The summed E-state index contributed by atoms with van der Waals surface area (Å²) < 4.78 is 13.5. The van der Waals surface area contributed by atoms with Gasteiger partial charge in [0, 0.05) is 18.6 Å². The van der Waals surface area contributed by atoms with Crippen molar-refractivity contribution < 1.29 is 4.39 Å². The molecule has 0 saturated heterocycles. The van der Waals surface area contributed by atoms with Crippen molar-refractivity contribution >= 4 is 0 Å². The number of hydrogen-bond acceptors (Lipinski definition) is 4. The number of nitrogens with one attached hydrogen (secondary N) is 1. The zero-order chi connectivity index (χ0) is 11.4. The molecule has 2 aromatic rings. The van der Waals surface area contributed by atoms with Crippen molar-refractivity contribution in [3.8, 4) is 0 Å². The van der Waals surface area contributed by atoms with E-state index >= 15 is 0 Å². The maximum atomic E-state index is 13.5. The molecule has 16 heavy (non-hydrogen) atoms. The topological polar surface area (TPSA) is 63.8 Å². The Hall–Kier alpha value is -1.85. The van der Waals surface area contributed by atoms with Gasteiger partial charge in [-0.3, -0.25) is 15.8 Å². The minimum atomic E-state index is -0.491. The number of nitrogens with zero attached hydrogens (tertiary/aromatic N) is 2. The molecule has 2 rings (SSSR count). The summed E-state index contributed by atoms with van der Waals surface area (Å²) in [5, 5.41) is 0. The van der Waals surface area contributed by atoms with Gasteiger partial charge in [-0.2, -0.15) is 0 Å². The molecule has 0 aliphatic rings. The lowest BCUT2D eigenvalue weighted by Gasteiger charge is -2.15. The van der Waals surface area contributed by atoms with Crippen LogP contribution in [0.3, 0.4) is 0 Å². The summed E-state index contributed by atoms with van der Waals surface area (Å²) in [7, 11) is 0. The number of hydrazine groups is 1. The van der Waals surface area contributed by atoms with E-state index in [9.17, 15) is 4.39 Å². The molecule has 2 aromatic heterocycles. The molecule has 1 atom stereocenters. The fraction of sp³-hybridized carbons (Fsp3) is 0.0909. The normalized spacial score (nSPS) is 12.4. The van der Waals surface area contributed by atoms with Gasteiger partial charge in [-0.25, -0.2) is 9.82 Å². The Bertz CT molecular complexity index is 461. The van der Waals surface area contributed by atoms with E-state index in [1.165, 1.54) is 18.3 Å². The summed E-state index contributed by atoms with van der Waals surface area (Å²) in [6.45, 7) is 0. The second-order valence-electron chi connectivity index (χ2n) is 3.26. The minimum absolute atomic E-state index is 0.262. The quantitative estimate of drug-likeness (QED) is 0.599.